The Morgan fingerprint density at radius 3 is 2.46 bits per heavy atom. The molecule has 1 amide bonds. The highest BCUT2D eigenvalue weighted by molar-refractivity contribution is 5.79. The van der Waals surface area contributed by atoms with Crippen molar-refractivity contribution in [2.24, 2.45) is 5.92 Å². The van der Waals surface area contributed by atoms with Crippen molar-refractivity contribution in [2.75, 3.05) is 32.1 Å². The van der Waals surface area contributed by atoms with Gasteiger partial charge in [-0.2, -0.15) is 13.2 Å². The van der Waals surface area contributed by atoms with E-state index >= 15 is 0 Å². The highest BCUT2D eigenvalue weighted by Gasteiger charge is 2.32. The highest BCUT2D eigenvalue weighted by Crippen LogP contribution is 2.30. The Labute approximate surface area is 162 Å². The molecular weight excluding hydrogens is 369 g/mol. The van der Waals surface area contributed by atoms with Crippen molar-refractivity contribution in [3.63, 3.8) is 0 Å². The number of hydrogen-bond acceptors (Lipinski definition) is 4. The van der Waals surface area contributed by atoms with E-state index in [1.165, 1.54) is 6.20 Å². The van der Waals surface area contributed by atoms with E-state index in [1.807, 2.05) is 24.3 Å². The number of benzene rings is 1. The molecule has 0 saturated carbocycles. The van der Waals surface area contributed by atoms with E-state index in [0.29, 0.717) is 6.54 Å². The minimum Gasteiger partial charge on any atom is -0.359 e. The third-order valence-corrected chi connectivity index (χ3v) is 4.89. The van der Waals surface area contributed by atoms with Crippen LogP contribution in [0.25, 0.3) is 0 Å². The average Bonchev–Trinajstić information content (AvgIpc) is 2.64. The van der Waals surface area contributed by atoms with Gasteiger partial charge in [-0.25, -0.2) is 4.98 Å². The fraction of sp³-hybridized carbons (Fsp3) is 0.400. The third kappa shape index (κ3) is 4.81. The number of amides is 1. The quantitative estimate of drug-likeness (QED) is 0.821. The van der Waals surface area contributed by atoms with E-state index in [0.717, 1.165) is 42.9 Å². The summed E-state index contributed by atoms with van der Waals surface area (Å²) >= 11 is 0. The van der Waals surface area contributed by atoms with Gasteiger partial charge < -0.3 is 10.2 Å². The van der Waals surface area contributed by atoms with Crippen molar-refractivity contribution >= 4 is 11.7 Å². The lowest BCUT2D eigenvalue weighted by Gasteiger charge is -2.38. The molecule has 0 atom stereocenters. The SMILES string of the molecule is CNC(=O)C1CN(Cc2ccc(CN(C)c3cc(C(F)(F)F)ccn3)cc2)C1. The first-order valence-electron chi connectivity index (χ1n) is 9.02. The number of halogens is 3. The third-order valence-electron chi connectivity index (χ3n) is 4.89. The number of nitrogens with one attached hydrogen (secondary N) is 1. The zero-order valence-electron chi connectivity index (χ0n) is 15.8. The molecule has 0 spiro atoms. The van der Waals surface area contributed by atoms with Crippen LogP contribution in [0.15, 0.2) is 42.6 Å². The Morgan fingerprint density at radius 1 is 1.21 bits per heavy atom. The molecule has 0 aliphatic carbocycles. The van der Waals surface area contributed by atoms with Crippen LogP contribution in [-0.4, -0.2) is 43.0 Å². The number of aromatic nitrogens is 1. The summed E-state index contributed by atoms with van der Waals surface area (Å²) in [5, 5.41) is 2.66. The molecule has 1 aromatic heterocycles. The summed E-state index contributed by atoms with van der Waals surface area (Å²) in [5.74, 6) is 0.426. The molecule has 2 heterocycles. The van der Waals surface area contributed by atoms with E-state index in [1.54, 1.807) is 19.0 Å². The van der Waals surface area contributed by atoms with Gasteiger partial charge in [0.1, 0.15) is 5.82 Å². The fourth-order valence-corrected chi connectivity index (χ4v) is 3.24. The molecule has 1 saturated heterocycles. The van der Waals surface area contributed by atoms with E-state index in [2.05, 4.69) is 15.2 Å². The molecule has 2 aromatic rings. The molecular formula is C20H23F3N4O. The molecule has 0 radical (unpaired) electrons. The Morgan fingerprint density at radius 2 is 1.86 bits per heavy atom. The smallest absolute Gasteiger partial charge is 0.359 e. The zero-order valence-corrected chi connectivity index (χ0v) is 15.8. The number of anilines is 1. The van der Waals surface area contributed by atoms with Crippen LogP contribution >= 0.6 is 0 Å². The predicted octanol–water partition coefficient (Wildman–Crippen LogP) is 2.91. The molecule has 1 aliphatic rings. The van der Waals surface area contributed by atoms with Gasteiger partial charge in [0.15, 0.2) is 0 Å². The molecule has 28 heavy (non-hydrogen) atoms. The van der Waals surface area contributed by atoms with Crippen LogP contribution in [0.2, 0.25) is 0 Å². The van der Waals surface area contributed by atoms with Gasteiger partial charge in [-0.3, -0.25) is 9.69 Å². The Bertz CT molecular complexity index is 817. The van der Waals surface area contributed by atoms with Crippen molar-refractivity contribution in [3.8, 4) is 0 Å². The molecule has 1 N–H and O–H groups in total. The zero-order chi connectivity index (χ0) is 20.3. The molecule has 0 bridgehead atoms. The second-order valence-electron chi connectivity index (χ2n) is 7.08. The second kappa shape index (κ2) is 8.18. The first-order chi connectivity index (χ1) is 13.3. The van der Waals surface area contributed by atoms with Crippen molar-refractivity contribution in [2.45, 2.75) is 19.3 Å². The average molecular weight is 392 g/mol. The number of rotatable bonds is 6. The standard InChI is InChI=1S/C20H23F3N4O/c1-24-19(28)16-12-27(13-16)11-15-5-3-14(4-6-15)10-26(2)18-9-17(7-8-25-18)20(21,22)23/h3-9,16H,10-13H2,1-2H3,(H,24,28). The minimum absolute atomic E-state index is 0.0675. The molecule has 5 nitrogen and oxygen atoms in total. The predicted molar refractivity (Wildman–Crippen MR) is 101 cm³/mol. The summed E-state index contributed by atoms with van der Waals surface area (Å²) in [6.07, 6.45) is -3.20. The van der Waals surface area contributed by atoms with Gasteiger partial charge in [0.25, 0.3) is 0 Å². The molecule has 8 heteroatoms. The van der Waals surface area contributed by atoms with Gasteiger partial charge in [0, 0.05) is 46.5 Å². The van der Waals surface area contributed by atoms with Crippen molar-refractivity contribution in [3.05, 3.63) is 59.3 Å². The van der Waals surface area contributed by atoms with Gasteiger partial charge in [-0.05, 0) is 23.3 Å². The van der Waals surface area contributed by atoms with Crippen LogP contribution in [0.3, 0.4) is 0 Å². The lowest BCUT2D eigenvalue weighted by atomic mass is 9.98. The molecule has 3 rings (SSSR count). The number of alkyl halides is 3. The molecule has 1 aromatic carbocycles. The Hall–Kier alpha value is -2.61. The van der Waals surface area contributed by atoms with Gasteiger partial charge >= 0.3 is 6.18 Å². The normalized spacial score (nSPS) is 15.2. The minimum atomic E-state index is -4.38. The summed E-state index contributed by atoms with van der Waals surface area (Å²) in [7, 11) is 3.37. The first kappa shape index (κ1) is 20.1. The topological polar surface area (TPSA) is 48.5 Å². The number of hydrogen-bond donors (Lipinski definition) is 1. The maximum Gasteiger partial charge on any atom is 0.416 e. The van der Waals surface area contributed by atoms with Crippen LogP contribution < -0.4 is 10.2 Å². The van der Waals surface area contributed by atoms with E-state index < -0.39 is 11.7 Å². The summed E-state index contributed by atoms with van der Waals surface area (Å²) in [4.78, 5) is 19.5. The Kier molecular flexibility index (Phi) is 5.88. The fourth-order valence-electron chi connectivity index (χ4n) is 3.24. The van der Waals surface area contributed by atoms with Crippen molar-refractivity contribution < 1.29 is 18.0 Å². The highest BCUT2D eigenvalue weighted by atomic mass is 19.4. The van der Waals surface area contributed by atoms with Crippen LogP contribution in [0.1, 0.15) is 16.7 Å². The van der Waals surface area contributed by atoms with Crippen LogP contribution in [0.4, 0.5) is 19.0 Å². The van der Waals surface area contributed by atoms with Gasteiger partial charge in [-0.15, -0.1) is 0 Å². The summed E-state index contributed by atoms with van der Waals surface area (Å²) in [6.45, 7) is 2.74. The Balaban J connectivity index is 1.55. The number of carbonyl (C=O) groups is 1. The van der Waals surface area contributed by atoms with E-state index in [9.17, 15) is 18.0 Å². The van der Waals surface area contributed by atoms with Crippen LogP contribution in [0.5, 0.6) is 0 Å². The summed E-state index contributed by atoms with van der Waals surface area (Å²) in [5.41, 5.74) is 1.42. The summed E-state index contributed by atoms with van der Waals surface area (Å²) < 4.78 is 38.6. The van der Waals surface area contributed by atoms with Gasteiger partial charge in [0.2, 0.25) is 5.91 Å². The summed E-state index contributed by atoms with van der Waals surface area (Å²) in [6, 6.07) is 9.98. The number of carbonyl (C=O) groups excluding carboxylic acids is 1. The maximum atomic E-state index is 12.9. The van der Waals surface area contributed by atoms with Crippen molar-refractivity contribution in [1.29, 1.82) is 0 Å². The molecule has 0 unspecified atom stereocenters. The molecule has 150 valence electrons. The van der Waals surface area contributed by atoms with E-state index in [4.69, 9.17) is 0 Å². The number of nitrogens with zero attached hydrogens (tertiary/aromatic N) is 3. The molecule has 1 fully saturated rings. The van der Waals surface area contributed by atoms with Crippen LogP contribution in [0, 0.1) is 5.92 Å². The van der Waals surface area contributed by atoms with Gasteiger partial charge in [0.05, 0.1) is 11.5 Å². The van der Waals surface area contributed by atoms with Crippen molar-refractivity contribution in [1.82, 2.24) is 15.2 Å². The number of likely N-dealkylation sites (tertiary alicyclic amines) is 1. The van der Waals surface area contributed by atoms with Crippen LogP contribution in [-0.2, 0) is 24.1 Å². The largest absolute Gasteiger partial charge is 0.416 e. The second-order valence-corrected chi connectivity index (χ2v) is 7.08. The van der Waals surface area contributed by atoms with Gasteiger partial charge in [-0.1, -0.05) is 24.3 Å². The lowest BCUT2D eigenvalue weighted by molar-refractivity contribution is -0.137. The molecule has 1 aliphatic heterocycles. The van der Waals surface area contributed by atoms with E-state index in [-0.39, 0.29) is 17.6 Å². The first-order valence-corrected chi connectivity index (χ1v) is 9.02. The number of pyridine rings is 1. The lowest BCUT2D eigenvalue weighted by Crippen LogP contribution is -2.52. The maximum absolute atomic E-state index is 12.9. The monoisotopic (exact) mass is 392 g/mol.